The number of nitrogens with zero attached hydrogens (tertiary/aromatic N) is 3. The molecule has 0 aliphatic carbocycles. The van der Waals surface area contributed by atoms with Crippen molar-refractivity contribution in [2.24, 2.45) is 9.98 Å². The molecule has 0 unspecified atom stereocenters. The lowest BCUT2D eigenvalue weighted by Gasteiger charge is -2.21. The van der Waals surface area contributed by atoms with Crippen molar-refractivity contribution in [3.63, 3.8) is 0 Å². The molecule has 4 aromatic rings. The third-order valence-corrected chi connectivity index (χ3v) is 6.48. The first-order valence-corrected chi connectivity index (χ1v) is 12.6. The van der Waals surface area contributed by atoms with Crippen LogP contribution in [0.2, 0.25) is 0 Å². The Morgan fingerprint density at radius 1 is 0.611 bits per heavy atom. The van der Waals surface area contributed by atoms with Crippen LogP contribution in [0.5, 0.6) is 0 Å². The van der Waals surface area contributed by atoms with Gasteiger partial charge in [0.2, 0.25) is 0 Å². The van der Waals surface area contributed by atoms with Gasteiger partial charge < -0.3 is 0 Å². The number of hydrogen-bond donors (Lipinski definition) is 0. The molecule has 0 radical (unpaired) electrons. The van der Waals surface area contributed by atoms with Gasteiger partial charge in [0, 0.05) is 11.1 Å². The Morgan fingerprint density at radius 3 is 1.69 bits per heavy atom. The van der Waals surface area contributed by atoms with E-state index in [0.717, 1.165) is 45.0 Å². The first-order valence-electron chi connectivity index (χ1n) is 12.6. The van der Waals surface area contributed by atoms with Gasteiger partial charge in [-0.1, -0.05) is 90.1 Å². The molecule has 0 saturated heterocycles. The van der Waals surface area contributed by atoms with Crippen LogP contribution in [0.1, 0.15) is 77.8 Å². The van der Waals surface area contributed by atoms with Gasteiger partial charge in [-0.3, -0.25) is 9.98 Å². The summed E-state index contributed by atoms with van der Waals surface area (Å²) in [5, 5.41) is 1.10. The summed E-state index contributed by atoms with van der Waals surface area (Å²) in [5.74, 6) is 0. The van der Waals surface area contributed by atoms with Crippen molar-refractivity contribution in [3.05, 3.63) is 101 Å². The van der Waals surface area contributed by atoms with Crippen molar-refractivity contribution in [2.45, 2.75) is 66.2 Å². The van der Waals surface area contributed by atoms with E-state index in [0.29, 0.717) is 0 Å². The zero-order valence-electron chi connectivity index (χ0n) is 22.8. The standard InChI is InChI=1S/C33H37N3/c1-22(34-30-15-11-9-13-26(30)32(3,4)5)24-17-20-29-25(21-24)18-19-28(36-29)23(2)35-31-16-12-10-14-27(31)33(6,7)8/h9-21H,1-8H3. The second-order valence-electron chi connectivity index (χ2n) is 11.5. The summed E-state index contributed by atoms with van der Waals surface area (Å²) in [6.45, 7) is 17.4. The molecule has 0 aliphatic heterocycles. The fourth-order valence-corrected chi connectivity index (χ4v) is 4.45. The molecule has 0 fully saturated rings. The molecule has 3 heteroatoms. The number of benzene rings is 3. The van der Waals surface area contributed by atoms with E-state index >= 15 is 0 Å². The van der Waals surface area contributed by atoms with E-state index in [1.165, 1.54) is 11.1 Å². The minimum atomic E-state index is 0.0282. The molecule has 4 rings (SSSR count). The molecular weight excluding hydrogens is 438 g/mol. The van der Waals surface area contributed by atoms with Gasteiger partial charge in [0.25, 0.3) is 0 Å². The van der Waals surface area contributed by atoms with Crippen molar-refractivity contribution < 1.29 is 0 Å². The van der Waals surface area contributed by atoms with Crippen molar-refractivity contribution in [1.82, 2.24) is 4.98 Å². The lowest BCUT2D eigenvalue weighted by Crippen LogP contribution is -2.11. The van der Waals surface area contributed by atoms with E-state index in [4.69, 9.17) is 15.0 Å². The lowest BCUT2D eigenvalue weighted by atomic mass is 9.86. The summed E-state index contributed by atoms with van der Waals surface area (Å²) in [5.41, 5.74) is 9.43. The molecule has 0 saturated carbocycles. The van der Waals surface area contributed by atoms with E-state index < -0.39 is 0 Å². The molecule has 0 aliphatic rings. The maximum Gasteiger partial charge on any atom is 0.0849 e. The summed E-state index contributed by atoms with van der Waals surface area (Å²) in [4.78, 5) is 14.9. The normalized spacial score (nSPS) is 13.3. The average Bonchev–Trinajstić information content (AvgIpc) is 2.82. The van der Waals surface area contributed by atoms with Crippen molar-refractivity contribution in [3.8, 4) is 0 Å². The Kier molecular flexibility index (Phi) is 6.95. The van der Waals surface area contributed by atoms with Crippen LogP contribution in [0.3, 0.4) is 0 Å². The molecule has 0 N–H and O–H groups in total. The fourth-order valence-electron chi connectivity index (χ4n) is 4.45. The highest BCUT2D eigenvalue weighted by molar-refractivity contribution is 6.04. The molecule has 3 nitrogen and oxygen atoms in total. The molecule has 1 aromatic heterocycles. The summed E-state index contributed by atoms with van der Waals surface area (Å²) in [6.07, 6.45) is 0. The first kappa shape index (κ1) is 25.5. The fraction of sp³-hybridized carbons (Fsp3) is 0.303. The maximum atomic E-state index is 5.00. The molecule has 0 spiro atoms. The van der Waals surface area contributed by atoms with Crippen molar-refractivity contribution >= 4 is 33.7 Å². The Balaban J connectivity index is 1.67. The molecule has 0 amide bonds. The van der Waals surface area contributed by atoms with E-state index in [-0.39, 0.29) is 10.8 Å². The predicted molar refractivity (Wildman–Crippen MR) is 156 cm³/mol. The van der Waals surface area contributed by atoms with Gasteiger partial charge in [0.15, 0.2) is 0 Å². The Labute approximate surface area is 216 Å². The highest BCUT2D eigenvalue weighted by Crippen LogP contribution is 2.33. The van der Waals surface area contributed by atoms with Crippen LogP contribution >= 0.6 is 0 Å². The molecule has 184 valence electrons. The molecule has 3 aromatic carbocycles. The van der Waals surface area contributed by atoms with E-state index in [1.807, 2.05) is 13.0 Å². The number of rotatable bonds is 4. The number of aliphatic imine (C=N–C) groups is 2. The predicted octanol–water partition coefficient (Wildman–Crippen LogP) is 9.11. The highest BCUT2D eigenvalue weighted by atomic mass is 14.8. The van der Waals surface area contributed by atoms with Gasteiger partial charge in [0.1, 0.15) is 0 Å². The van der Waals surface area contributed by atoms with Crippen molar-refractivity contribution in [2.75, 3.05) is 0 Å². The minimum absolute atomic E-state index is 0.0282. The van der Waals surface area contributed by atoms with Crippen LogP contribution in [0, 0.1) is 0 Å². The monoisotopic (exact) mass is 475 g/mol. The van der Waals surface area contributed by atoms with Crippen LogP contribution in [-0.2, 0) is 10.8 Å². The van der Waals surface area contributed by atoms with Gasteiger partial charge in [-0.25, -0.2) is 4.98 Å². The van der Waals surface area contributed by atoms with E-state index in [2.05, 4.69) is 121 Å². The summed E-state index contributed by atoms with van der Waals surface area (Å²) < 4.78 is 0. The average molecular weight is 476 g/mol. The number of fused-ring (bicyclic) bond motifs is 1. The molecular formula is C33H37N3. The minimum Gasteiger partial charge on any atom is -0.253 e. The van der Waals surface area contributed by atoms with Crippen LogP contribution in [0.4, 0.5) is 11.4 Å². The second kappa shape index (κ2) is 9.81. The zero-order valence-corrected chi connectivity index (χ0v) is 22.8. The molecule has 1 heterocycles. The second-order valence-corrected chi connectivity index (χ2v) is 11.5. The van der Waals surface area contributed by atoms with Crippen LogP contribution in [-0.4, -0.2) is 16.4 Å². The first-order chi connectivity index (χ1) is 16.9. The molecule has 0 atom stereocenters. The van der Waals surface area contributed by atoms with Gasteiger partial charge >= 0.3 is 0 Å². The number of aromatic nitrogens is 1. The number of pyridine rings is 1. The molecule has 0 bridgehead atoms. The van der Waals surface area contributed by atoms with E-state index in [1.54, 1.807) is 0 Å². The van der Waals surface area contributed by atoms with Gasteiger partial charge in [-0.15, -0.1) is 0 Å². The Bertz CT molecular complexity index is 1350. The largest absolute Gasteiger partial charge is 0.253 e. The van der Waals surface area contributed by atoms with Crippen LogP contribution in [0.25, 0.3) is 10.9 Å². The van der Waals surface area contributed by atoms with Gasteiger partial charge in [-0.05, 0) is 71.7 Å². The SMILES string of the molecule is CC(=Nc1ccccc1C(C)(C)C)c1ccc2nc(C(C)=Nc3ccccc3C(C)(C)C)ccc2c1. The highest BCUT2D eigenvalue weighted by Gasteiger charge is 2.18. The quantitative estimate of drug-likeness (QED) is 0.271. The summed E-state index contributed by atoms with van der Waals surface area (Å²) in [6, 6.07) is 27.3. The smallest absolute Gasteiger partial charge is 0.0849 e. The maximum absolute atomic E-state index is 5.00. The Hall–Kier alpha value is -3.59. The van der Waals surface area contributed by atoms with Gasteiger partial charge in [-0.2, -0.15) is 0 Å². The van der Waals surface area contributed by atoms with Crippen LogP contribution < -0.4 is 0 Å². The summed E-state index contributed by atoms with van der Waals surface area (Å²) >= 11 is 0. The van der Waals surface area contributed by atoms with Crippen LogP contribution in [0.15, 0.2) is 88.8 Å². The Morgan fingerprint density at radius 2 is 1.14 bits per heavy atom. The third-order valence-electron chi connectivity index (χ3n) is 6.48. The lowest BCUT2D eigenvalue weighted by molar-refractivity contribution is 0.591. The number of para-hydroxylation sites is 2. The third kappa shape index (κ3) is 5.62. The molecule has 36 heavy (non-hydrogen) atoms. The van der Waals surface area contributed by atoms with Gasteiger partial charge in [0.05, 0.1) is 28.3 Å². The van der Waals surface area contributed by atoms with E-state index in [9.17, 15) is 0 Å². The number of hydrogen-bond acceptors (Lipinski definition) is 3. The summed E-state index contributed by atoms with van der Waals surface area (Å²) in [7, 11) is 0. The zero-order chi connectivity index (χ0) is 26.1. The van der Waals surface area contributed by atoms with Crippen molar-refractivity contribution in [1.29, 1.82) is 0 Å². The topological polar surface area (TPSA) is 37.6 Å².